The maximum absolute atomic E-state index is 12.7. The van der Waals surface area contributed by atoms with Gasteiger partial charge in [0.05, 0.1) is 23.7 Å². The minimum Gasteiger partial charge on any atom is -0.496 e. The molecule has 24 heavy (non-hydrogen) atoms. The van der Waals surface area contributed by atoms with Gasteiger partial charge in [0, 0.05) is 25.2 Å². The number of ether oxygens (including phenoxy) is 1. The highest BCUT2D eigenvalue weighted by Gasteiger charge is 2.39. The number of sulfonamides is 1. The summed E-state index contributed by atoms with van der Waals surface area (Å²) in [6.45, 7) is 2.70. The Morgan fingerprint density at radius 1 is 1.25 bits per heavy atom. The molecule has 1 aromatic carbocycles. The summed E-state index contributed by atoms with van der Waals surface area (Å²) in [7, 11) is -1.90. The quantitative estimate of drug-likeness (QED) is 0.822. The molecule has 1 aliphatic carbocycles. The normalized spacial score (nSPS) is 19.2. The number of hydrogen-bond acceptors (Lipinski definition) is 5. The molecule has 0 bridgehead atoms. The highest BCUT2D eigenvalue weighted by Crippen LogP contribution is 2.39. The van der Waals surface area contributed by atoms with Crippen LogP contribution >= 0.6 is 0 Å². The summed E-state index contributed by atoms with van der Waals surface area (Å²) in [4.78, 5) is 0.302. The molecule has 1 saturated heterocycles. The Labute approximate surface area is 141 Å². The molecule has 2 heterocycles. The maximum Gasteiger partial charge on any atom is 0.243 e. The lowest BCUT2D eigenvalue weighted by atomic mass is 10.2. The van der Waals surface area contributed by atoms with Gasteiger partial charge >= 0.3 is 0 Å². The standard InChI is InChI=1S/C16H20N4O3S/c1-11-7-14(5-6-16(11)23-2)24(21,22)19-8-13(9-19)20-10-15(17-18-20)12-3-4-12/h5-7,10,12-13H,3-4,8-9H2,1-2H3. The molecule has 0 atom stereocenters. The highest BCUT2D eigenvalue weighted by molar-refractivity contribution is 7.89. The summed E-state index contributed by atoms with van der Waals surface area (Å²) in [6.07, 6.45) is 4.32. The number of aryl methyl sites for hydroxylation is 1. The van der Waals surface area contributed by atoms with E-state index in [1.165, 1.54) is 17.1 Å². The summed E-state index contributed by atoms with van der Waals surface area (Å²) in [5.41, 5.74) is 1.84. The van der Waals surface area contributed by atoms with Gasteiger partial charge in [0.2, 0.25) is 10.0 Å². The largest absolute Gasteiger partial charge is 0.496 e. The van der Waals surface area contributed by atoms with Crippen LogP contribution in [0.2, 0.25) is 0 Å². The first-order valence-corrected chi connectivity index (χ1v) is 9.49. The van der Waals surface area contributed by atoms with Crippen molar-refractivity contribution in [3.05, 3.63) is 35.7 Å². The van der Waals surface area contributed by atoms with Crippen LogP contribution in [0.25, 0.3) is 0 Å². The van der Waals surface area contributed by atoms with Crippen molar-refractivity contribution in [2.75, 3.05) is 20.2 Å². The van der Waals surface area contributed by atoms with Gasteiger partial charge in [-0.05, 0) is 43.5 Å². The Hall–Kier alpha value is -1.93. The molecule has 1 saturated carbocycles. The van der Waals surface area contributed by atoms with E-state index in [4.69, 9.17) is 4.74 Å². The Balaban J connectivity index is 1.47. The molecule has 8 heteroatoms. The Morgan fingerprint density at radius 2 is 2.00 bits per heavy atom. The van der Waals surface area contributed by atoms with Gasteiger partial charge in [-0.25, -0.2) is 13.1 Å². The summed E-state index contributed by atoms with van der Waals surface area (Å²) < 4.78 is 33.9. The van der Waals surface area contributed by atoms with Crippen molar-refractivity contribution in [3.8, 4) is 5.75 Å². The summed E-state index contributed by atoms with van der Waals surface area (Å²) in [5, 5.41) is 8.34. The molecule has 128 valence electrons. The maximum atomic E-state index is 12.7. The topological polar surface area (TPSA) is 77.3 Å². The molecule has 0 N–H and O–H groups in total. The second-order valence-corrected chi connectivity index (χ2v) is 8.44. The SMILES string of the molecule is COc1ccc(S(=O)(=O)N2CC(n3cc(C4CC4)nn3)C2)cc1C. The van der Waals surface area contributed by atoms with Gasteiger partial charge in [-0.1, -0.05) is 5.21 Å². The lowest BCUT2D eigenvalue weighted by Crippen LogP contribution is -2.50. The Bertz CT molecular complexity index is 867. The molecule has 0 amide bonds. The average molecular weight is 348 g/mol. The van der Waals surface area contributed by atoms with Gasteiger partial charge < -0.3 is 4.74 Å². The number of aromatic nitrogens is 3. The van der Waals surface area contributed by atoms with E-state index in [9.17, 15) is 8.42 Å². The minimum absolute atomic E-state index is 0.0686. The molecule has 0 radical (unpaired) electrons. The number of nitrogens with zero attached hydrogens (tertiary/aromatic N) is 4. The molecular formula is C16H20N4O3S. The zero-order valence-electron chi connectivity index (χ0n) is 13.7. The lowest BCUT2D eigenvalue weighted by molar-refractivity contribution is 0.189. The molecule has 2 aliphatic rings. The fraction of sp³-hybridized carbons (Fsp3) is 0.500. The Morgan fingerprint density at radius 3 is 2.62 bits per heavy atom. The van der Waals surface area contributed by atoms with Crippen LogP contribution in [0, 0.1) is 6.92 Å². The zero-order chi connectivity index (χ0) is 16.9. The summed E-state index contributed by atoms with van der Waals surface area (Å²) in [5.74, 6) is 1.24. The molecule has 1 aromatic heterocycles. The van der Waals surface area contributed by atoms with Gasteiger partial charge in [-0.3, -0.25) is 0 Å². The fourth-order valence-electron chi connectivity index (χ4n) is 2.98. The third-order valence-electron chi connectivity index (χ3n) is 4.73. The molecule has 2 fully saturated rings. The van der Waals surface area contributed by atoms with Crippen molar-refractivity contribution in [3.63, 3.8) is 0 Å². The number of benzene rings is 1. The van der Waals surface area contributed by atoms with Gasteiger partial charge in [0.25, 0.3) is 0 Å². The second-order valence-electron chi connectivity index (χ2n) is 6.50. The van der Waals surface area contributed by atoms with Crippen molar-refractivity contribution in [2.45, 2.75) is 36.6 Å². The van der Waals surface area contributed by atoms with Crippen molar-refractivity contribution < 1.29 is 13.2 Å². The zero-order valence-corrected chi connectivity index (χ0v) is 14.5. The van der Waals surface area contributed by atoms with Crippen LogP contribution in [-0.4, -0.2) is 47.9 Å². The van der Waals surface area contributed by atoms with E-state index in [0.29, 0.717) is 29.7 Å². The van der Waals surface area contributed by atoms with E-state index in [0.717, 1.165) is 11.3 Å². The van der Waals surface area contributed by atoms with E-state index < -0.39 is 10.0 Å². The monoisotopic (exact) mass is 348 g/mol. The Kier molecular flexibility index (Phi) is 3.61. The van der Waals surface area contributed by atoms with Crippen LogP contribution in [0.3, 0.4) is 0 Å². The second kappa shape index (κ2) is 5.56. The molecule has 4 rings (SSSR count). The molecule has 0 unspecified atom stereocenters. The molecule has 1 aliphatic heterocycles. The molecule has 7 nitrogen and oxygen atoms in total. The van der Waals surface area contributed by atoms with E-state index in [1.807, 2.05) is 13.1 Å². The van der Waals surface area contributed by atoms with E-state index in [-0.39, 0.29) is 6.04 Å². The predicted molar refractivity (Wildman–Crippen MR) is 87.5 cm³/mol. The van der Waals surface area contributed by atoms with Crippen LogP contribution in [0.5, 0.6) is 5.75 Å². The minimum atomic E-state index is -3.47. The van der Waals surface area contributed by atoms with Crippen LogP contribution in [-0.2, 0) is 10.0 Å². The van der Waals surface area contributed by atoms with Crippen molar-refractivity contribution in [2.24, 2.45) is 0 Å². The highest BCUT2D eigenvalue weighted by atomic mass is 32.2. The molecular weight excluding hydrogens is 328 g/mol. The predicted octanol–water partition coefficient (Wildman–Crippen LogP) is 1.72. The van der Waals surface area contributed by atoms with E-state index >= 15 is 0 Å². The van der Waals surface area contributed by atoms with Crippen LogP contribution in [0.4, 0.5) is 0 Å². The van der Waals surface area contributed by atoms with Crippen LogP contribution in [0.15, 0.2) is 29.3 Å². The molecule has 0 spiro atoms. The van der Waals surface area contributed by atoms with Crippen LogP contribution in [0.1, 0.15) is 36.1 Å². The first-order chi connectivity index (χ1) is 11.5. The van der Waals surface area contributed by atoms with Gasteiger partial charge in [0.1, 0.15) is 5.75 Å². The molecule has 2 aromatic rings. The van der Waals surface area contributed by atoms with Crippen LogP contribution < -0.4 is 4.74 Å². The average Bonchev–Trinajstić information content (AvgIpc) is 3.25. The number of rotatable bonds is 5. The van der Waals surface area contributed by atoms with Gasteiger partial charge in [-0.2, -0.15) is 4.31 Å². The lowest BCUT2D eigenvalue weighted by Gasteiger charge is -2.37. The smallest absolute Gasteiger partial charge is 0.243 e. The third kappa shape index (κ3) is 2.59. The van der Waals surface area contributed by atoms with Crippen molar-refractivity contribution in [1.29, 1.82) is 0 Å². The number of methoxy groups -OCH3 is 1. The summed E-state index contributed by atoms with van der Waals surface area (Å²) >= 11 is 0. The summed E-state index contributed by atoms with van der Waals surface area (Å²) in [6, 6.07) is 5.01. The first-order valence-electron chi connectivity index (χ1n) is 8.05. The van der Waals surface area contributed by atoms with Gasteiger partial charge in [0.15, 0.2) is 0 Å². The van der Waals surface area contributed by atoms with Crippen molar-refractivity contribution in [1.82, 2.24) is 19.3 Å². The van der Waals surface area contributed by atoms with E-state index in [1.54, 1.807) is 30.0 Å². The van der Waals surface area contributed by atoms with E-state index in [2.05, 4.69) is 10.3 Å². The first kappa shape index (κ1) is 15.6. The third-order valence-corrected chi connectivity index (χ3v) is 6.56. The fourth-order valence-corrected chi connectivity index (χ4v) is 4.58. The number of hydrogen-bond donors (Lipinski definition) is 0. The van der Waals surface area contributed by atoms with Crippen molar-refractivity contribution >= 4 is 10.0 Å². The van der Waals surface area contributed by atoms with Gasteiger partial charge in [-0.15, -0.1) is 5.10 Å².